The molecule has 0 saturated heterocycles. The van der Waals surface area contributed by atoms with Gasteiger partial charge in [-0.15, -0.1) is 5.10 Å². The van der Waals surface area contributed by atoms with Crippen molar-refractivity contribution in [1.29, 1.82) is 5.26 Å². The standard InChI is InChI=1S/C15H10N4O2/c1-9-5-6-10(8-16)7-13(9)19-12-4-2-3-11(15(20)21)14(12)17-18-19/h2-7H,1H3,(H,20,21). The van der Waals surface area contributed by atoms with E-state index in [-0.39, 0.29) is 5.56 Å². The van der Waals surface area contributed by atoms with Crippen LogP contribution in [0.4, 0.5) is 0 Å². The summed E-state index contributed by atoms with van der Waals surface area (Å²) in [6.07, 6.45) is 0. The lowest BCUT2D eigenvalue weighted by molar-refractivity contribution is 0.0699. The second-order valence-electron chi connectivity index (χ2n) is 4.59. The fraction of sp³-hybridized carbons (Fsp3) is 0.0667. The van der Waals surface area contributed by atoms with Crippen LogP contribution in [-0.2, 0) is 0 Å². The summed E-state index contributed by atoms with van der Waals surface area (Å²) in [7, 11) is 0. The Balaban J connectivity index is 2.30. The van der Waals surface area contributed by atoms with E-state index in [1.165, 1.54) is 6.07 Å². The molecule has 0 fully saturated rings. The van der Waals surface area contributed by atoms with Gasteiger partial charge in [0.1, 0.15) is 5.52 Å². The first kappa shape index (κ1) is 12.8. The minimum Gasteiger partial charge on any atom is -0.478 e. The second-order valence-corrected chi connectivity index (χ2v) is 4.59. The summed E-state index contributed by atoms with van der Waals surface area (Å²) >= 11 is 0. The van der Waals surface area contributed by atoms with Crippen LogP contribution in [0.15, 0.2) is 36.4 Å². The number of hydrogen-bond acceptors (Lipinski definition) is 4. The van der Waals surface area contributed by atoms with Gasteiger partial charge in [0.25, 0.3) is 0 Å². The molecule has 6 nitrogen and oxygen atoms in total. The molecule has 3 rings (SSSR count). The number of hydrogen-bond donors (Lipinski definition) is 1. The molecule has 0 unspecified atom stereocenters. The van der Waals surface area contributed by atoms with E-state index in [4.69, 9.17) is 5.26 Å². The Morgan fingerprint density at radius 2 is 2.14 bits per heavy atom. The third kappa shape index (κ3) is 2.01. The number of rotatable bonds is 2. The van der Waals surface area contributed by atoms with Gasteiger partial charge in [-0.3, -0.25) is 0 Å². The maximum atomic E-state index is 11.2. The molecular formula is C15H10N4O2. The average molecular weight is 278 g/mol. The Kier molecular flexibility index (Phi) is 2.88. The molecule has 0 bridgehead atoms. The largest absolute Gasteiger partial charge is 0.478 e. The molecule has 3 aromatic rings. The van der Waals surface area contributed by atoms with Gasteiger partial charge >= 0.3 is 5.97 Å². The van der Waals surface area contributed by atoms with E-state index in [1.54, 1.807) is 28.9 Å². The number of aromatic nitrogens is 3. The number of carbonyl (C=O) groups is 1. The zero-order valence-electron chi connectivity index (χ0n) is 11.1. The number of aryl methyl sites for hydroxylation is 1. The Bertz CT molecular complexity index is 906. The smallest absolute Gasteiger partial charge is 0.338 e. The van der Waals surface area contributed by atoms with Gasteiger partial charge in [-0.05, 0) is 36.8 Å². The molecule has 1 N–H and O–H groups in total. The maximum absolute atomic E-state index is 11.2. The predicted molar refractivity (Wildman–Crippen MR) is 75.3 cm³/mol. The number of fused-ring (bicyclic) bond motifs is 1. The Morgan fingerprint density at radius 1 is 1.33 bits per heavy atom. The molecule has 2 aromatic carbocycles. The Labute approximate surface area is 119 Å². The Hall–Kier alpha value is -3.20. The molecule has 6 heteroatoms. The topological polar surface area (TPSA) is 91.8 Å². The highest BCUT2D eigenvalue weighted by Crippen LogP contribution is 2.22. The van der Waals surface area contributed by atoms with Crippen LogP contribution in [0.1, 0.15) is 21.5 Å². The van der Waals surface area contributed by atoms with E-state index >= 15 is 0 Å². The number of carboxylic acids is 1. The zero-order chi connectivity index (χ0) is 15.0. The van der Waals surface area contributed by atoms with Crippen molar-refractivity contribution in [3.63, 3.8) is 0 Å². The summed E-state index contributed by atoms with van der Waals surface area (Å²) in [5.41, 5.74) is 3.15. The van der Waals surface area contributed by atoms with Crippen LogP contribution >= 0.6 is 0 Å². The normalized spacial score (nSPS) is 10.5. The average Bonchev–Trinajstić information content (AvgIpc) is 2.91. The van der Waals surface area contributed by atoms with Gasteiger partial charge in [0, 0.05) is 0 Å². The molecule has 21 heavy (non-hydrogen) atoms. The third-order valence-corrected chi connectivity index (χ3v) is 3.27. The summed E-state index contributed by atoms with van der Waals surface area (Å²) < 4.78 is 1.55. The van der Waals surface area contributed by atoms with Crippen LogP contribution in [0, 0.1) is 18.3 Å². The number of carboxylic acid groups (broad SMARTS) is 1. The minimum atomic E-state index is -1.05. The molecular weight excluding hydrogens is 268 g/mol. The first-order valence-corrected chi connectivity index (χ1v) is 6.20. The highest BCUT2D eigenvalue weighted by molar-refractivity contribution is 6.00. The lowest BCUT2D eigenvalue weighted by atomic mass is 10.1. The van der Waals surface area contributed by atoms with E-state index in [9.17, 15) is 9.90 Å². The maximum Gasteiger partial charge on any atom is 0.338 e. The summed E-state index contributed by atoms with van der Waals surface area (Å²) in [6, 6.07) is 12.2. The summed E-state index contributed by atoms with van der Waals surface area (Å²) in [5, 5.41) is 26.2. The zero-order valence-corrected chi connectivity index (χ0v) is 11.1. The van der Waals surface area contributed by atoms with Crippen molar-refractivity contribution >= 4 is 17.0 Å². The third-order valence-electron chi connectivity index (χ3n) is 3.27. The molecule has 1 aromatic heterocycles. The van der Waals surface area contributed by atoms with E-state index in [0.29, 0.717) is 22.3 Å². The summed E-state index contributed by atoms with van der Waals surface area (Å²) in [6.45, 7) is 1.89. The lowest BCUT2D eigenvalue weighted by Gasteiger charge is -2.06. The number of benzene rings is 2. The minimum absolute atomic E-state index is 0.104. The van der Waals surface area contributed by atoms with Gasteiger partial charge in [0.2, 0.25) is 0 Å². The van der Waals surface area contributed by atoms with Crippen molar-refractivity contribution in [3.8, 4) is 11.8 Å². The number of aromatic carboxylic acids is 1. The van der Waals surface area contributed by atoms with Crippen LogP contribution in [0.2, 0.25) is 0 Å². The van der Waals surface area contributed by atoms with Crippen molar-refractivity contribution in [3.05, 3.63) is 53.1 Å². The van der Waals surface area contributed by atoms with Crippen LogP contribution in [0.25, 0.3) is 16.7 Å². The highest BCUT2D eigenvalue weighted by atomic mass is 16.4. The molecule has 0 atom stereocenters. The van der Waals surface area contributed by atoms with Gasteiger partial charge in [-0.2, -0.15) is 5.26 Å². The van der Waals surface area contributed by atoms with E-state index in [1.807, 2.05) is 13.0 Å². The summed E-state index contributed by atoms with van der Waals surface area (Å²) in [5.74, 6) is -1.05. The van der Waals surface area contributed by atoms with Gasteiger partial charge in [0.15, 0.2) is 0 Å². The quantitative estimate of drug-likeness (QED) is 0.776. The molecule has 0 aliphatic heterocycles. The first-order valence-electron chi connectivity index (χ1n) is 6.20. The molecule has 0 spiro atoms. The van der Waals surface area contributed by atoms with Crippen molar-refractivity contribution in [2.24, 2.45) is 0 Å². The van der Waals surface area contributed by atoms with Crippen molar-refractivity contribution in [1.82, 2.24) is 15.0 Å². The van der Waals surface area contributed by atoms with Gasteiger partial charge in [0.05, 0.1) is 28.4 Å². The highest BCUT2D eigenvalue weighted by Gasteiger charge is 2.15. The van der Waals surface area contributed by atoms with Crippen LogP contribution in [-0.4, -0.2) is 26.1 Å². The molecule has 0 saturated carbocycles. The van der Waals surface area contributed by atoms with Crippen LogP contribution < -0.4 is 0 Å². The monoisotopic (exact) mass is 278 g/mol. The summed E-state index contributed by atoms with van der Waals surface area (Å²) in [4.78, 5) is 11.2. The molecule has 0 aliphatic carbocycles. The van der Waals surface area contributed by atoms with Crippen molar-refractivity contribution in [2.45, 2.75) is 6.92 Å². The first-order chi connectivity index (χ1) is 10.1. The van der Waals surface area contributed by atoms with E-state index in [0.717, 1.165) is 5.56 Å². The van der Waals surface area contributed by atoms with Crippen molar-refractivity contribution < 1.29 is 9.90 Å². The predicted octanol–water partition coefficient (Wildman–Crippen LogP) is 2.30. The van der Waals surface area contributed by atoms with Crippen LogP contribution in [0.3, 0.4) is 0 Å². The van der Waals surface area contributed by atoms with Crippen molar-refractivity contribution in [2.75, 3.05) is 0 Å². The fourth-order valence-electron chi connectivity index (χ4n) is 2.20. The van der Waals surface area contributed by atoms with Gasteiger partial charge < -0.3 is 5.11 Å². The SMILES string of the molecule is Cc1ccc(C#N)cc1-n1nnc2c(C(=O)O)cccc21. The molecule has 0 radical (unpaired) electrons. The number of nitrogens with zero attached hydrogens (tertiary/aromatic N) is 4. The molecule has 1 heterocycles. The van der Waals surface area contributed by atoms with E-state index in [2.05, 4.69) is 16.4 Å². The second kappa shape index (κ2) is 4.72. The molecule has 102 valence electrons. The molecule has 0 amide bonds. The van der Waals surface area contributed by atoms with Gasteiger partial charge in [-0.1, -0.05) is 17.3 Å². The van der Waals surface area contributed by atoms with Gasteiger partial charge in [-0.25, -0.2) is 9.48 Å². The number of nitriles is 1. The molecule has 0 aliphatic rings. The van der Waals surface area contributed by atoms with E-state index < -0.39 is 5.97 Å². The lowest BCUT2D eigenvalue weighted by Crippen LogP contribution is -2.00. The fourth-order valence-corrected chi connectivity index (χ4v) is 2.20. The van der Waals surface area contributed by atoms with Crippen LogP contribution in [0.5, 0.6) is 0 Å². The Morgan fingerprint density at radius 3 is 2.86 bits per heavy atom.